The number of anilines is 2. The molecular weight excluding hydrogens is 422 g/mol. The molecule has 0 spiro atoms. The number of hydrogen-bond donors (Lipinski definition) is 2. The van der Waals surface area contributed by atoms with Gasteiger partial charge in [0.1, 0.15) is 16.8 Å². The molecule has 2 amide bonds. The fourth-order valence-electron chi connectivity index (χ4n) is 3.77. The lowest BCUT2D eigenvalue weighted by atomic mass is 10.1. The summed E-state index contributed by atoms with van der Waals surface area (Å²) in [5.74, 6) is -0.0495. The minimum Gasteiger partial charge on any atom is -0.484 e. The van der Waals surface area contributed by atoms with Crippen molar-refractivity contribution in [1.82, 2.24) is 0 Å². The predicted octanol–water partition coefficient (Wildman–Crippen LogP) is 5.00. The topological polar surface area (TPSA) is 91.2 Å². The summed E-state index contributed by atoms with van der Waals surface area (Å²) in [6.07, 6.45) is 2.92. The number of fused-ring (bicyclic) bond motifs is 1. The molecule has 0 fully saturated rings. The second kappa shape index (κ2) is 9.25. The van der Waals surface area contributed by atoms with E-state index in [0.29, 0.717) is 21.9 Å². The number of thiophene rings is 1. The summed E-state index contributed by atoms with van der Waals surface area (Å²) < 4.78 is 5.55. The minimum absolute atomic E-state index is 0.179. The summed E-state index contributed by atoms with van der Waals surface area (Å²) in [4.78, 5) is 26.0. The molecule has 1 aliphatic rings. The Bertz CT molecular complexity index is 1220. The highest BCUT2D eigenvalue weighted by Gasteiger charge is 2.23. The molecule has 3 aromatic rings. The molecule has 1 aromatic heterocycles. The Hall–Kier alpha value is -3.63. The van der Waals surface area contributed by atoms with Gasteiger partial charge < -0.3 is 15.4 Å². The van der Waals surface area contributed by atoms with Crippen molar-refractivity contribution < 1.29 is 14.3 Å². The summed E-state index contributed by atoms with van der Waals surface area (Å²) in [6, 6.07) is 14.7. The van der Waals surface area contributed by atoms with E-state index in [9.17, 15) is 14.9 Å². The first-order valence-corrected chi connectivity index (χ1v) is 11.2. The van der Waals surface area contributed by atoms with Gasteiger partial charge >= 0.3 is 0 Å². The van der Waals surface area contributed by atoms with Crippen LogP contribution in [0.5, 0.6) is 5.75 Å². The van der Waals surface area contributed by atoms with E-state index < -0.39 is 0 Å². The van der Waals surface area contributed by atoms with E-state index in [2.05, 4.69) is 16.7 Å². The van der Waals surface area contributed by atoms with Gasteiger partial charge in [0.15, 0.2) is 6.61 Å². The summed E-state index contributed by atoms with van der Waals surface area (Å²) in [5, 5.41) is 15.7. The summed E-state index contributed by atoms with van der Waals surface area (Å²) in [6.45, 7) is 3.78. The lowest BCUT2D eigenvalue weighted by Crippen LogP contribution is -2.20. The number of nitrogens with zero attached hydrogens (tertiary/aromatic N) is 1. The normalized spacial score (nSPS) is 12.0. The largest absolute Gasteiger partial charge is 0.484 e. The SMILES string of the molecule is Cc1ccc(NC(=O)c2ccc(OCC(=O)Nc3sc4c(c3C#N)CCC4)cc2)c(C)c1. The molecule has 162 valence electrons. The minimum atomic E-state index is -0.321. The van der Waals surface area contributed by atoms with Gasteiger partial charge in [0, 0.05) is 16.1 Å². The zero-order chi connectivity index (χ0) is 22.7. The van der Waals surface area contributed by atoms with Crippen molar-refractivity contribution in [3.63, 3.8) is 0 Å². The van der Waals surface area contributed by atoms with Crippen molar-refractivity contribution in [2.24, 2.45) is 0 Å². The summed E-state index contributed by atoms with van der Waals surface area (Å²) >= 11 is 1.48. The molecule has 0 saturated heterocycles. The van der Waals surface area contributed by atoms with Crippen molar-refractivity contribution in [3.05, 3.63) is 75.2 Å². The van der Waals surface area contributed by atoms with Gasteiger partial charge in [0.05, 0.1) is 5.56 Å². The first-order valence-electron chi connectivity index (χ1n) is 10.4. The molecule has 0 unspecified atom stereocenters. The van der Waals surface area contributed by atoms with Crippen molar-refractivity contribution in [2.45, 2.75) is 33.1 Å². The van der Waals surface area contributed by atoms with Gasteiger partial charge in [-0.15, -0.1) is 11.3 Å². The first-order chi connectivity index (χ1) is 15.4. The number of nitriles is 1. The average molecular weight is 446 g/mol. The van der Waals surface area contributed by atoms with Gasteiger partial charge in [-0.2, -0.15) is 5.26 Å². The molecular formula is C25H23N3O3S. The summed E-state index contributed by atoms with van der Waals surface area (Å²) in [5.41, 5.74) is 5.05. The lowest BCUT2D eigenvalue weighted by Gasteiger charge is -2.10. The highest BCUT2D eigenvalue weighted by atomic mass is 32.1. The molecule has 0 aliphatic heterocycles. The number of rotatable bonds is 6. The highest BCUT2D eigenvalue weighted by molar-refractivity contribution is 7.16. The van der Waals surface area contributed by atoms with Crippen LogP contribution in [0.3, 0.4) is 0 Å². The number of ether oxygens (including phenoxy) is 1. The maximum atomic E-state index is 12.5. The van der Waals surface area contributed by atoms with Crippen molar-refractivity contribution in [2.75, 3.05) is 17.2 Å². The van der Waals surface area contributed by atoms with Crippen molar-refractivity contribution >= 4 is 33.8 Å². The van der Waals surface area contributed by atoms with E-state index in [1.165, 1.54) is 16.2 Å². The van der Waals surface area contributed by atoms with Gasteiger partial charge in [0.2, 0.25) is 0 Å². The molecule has 1 aliphatic carbocycles. The fraction of sp³-hybridized carbons (Fsp3) is 0.240. The quantitative estimate of drug-likeness (QED) is 0.559. The van der Waals surface area contributed by atoms with Crippen LogP contribution < -0.4 is 15.4 Å². The third-order valence-corrected chi connectivity index (χ3v) is 6.61. The first kappa shape index (κ1) is 21.6. The average Bonchev–Trinajstić information content (AvgIpc) is 3.35. The number of carbonyl (C=O) groups is 2. The third kappa shape index (κ3) is 4.66. The maximum Gasteiger partial charge on any atom is 0.262 e. The lowest BCUT2D eigenvalue weighted by molar-refractivity contribution is -0.118. The van der Waals surface area contributed by atoms with Crippen LogP contribution in [0, 0.1) is 25.2 Å². The van der Waals surface area contributed by atoms with Crippen LogP contribution in [-0.2, 0) is 17.6 Å². The fourth-order valence-corrected chi connectivity index (χ4v) is 5.03. The Morgan fingerprint density at radius 3 is 2.59 bits per heavy atom. The Balaban J connectivity index is 1.32. The van der Waals surface area contributed by atoms with Gasteiger partial charge in [-0.05, 0) is 74.6 Å². The number of carbonyl (C=O) groups excluding carboxylic acids is 2. The monoisotopic (exact) mass is 445 g/mol. The predicted molar refractivity (Wildman–Crippen MR) is 125 cm³/mol. The second-order valence-corrected chi connectivity index (χ2v) is 8.91. The molecule has 0 saturated carbocycles. The Labute approximate surface area is 190 Å². The van der Waals surface area contributed by atoms with Crippen LogP contribution >= 0.6 is 11.3 Å². The number of nitrogens with one attached hydrogen (secondary N) is 2. The van der Waals surface area contributed by atoms with Crippen LogP contribution in [0.4, 0.5) is 10.7 Å². The number of benzene rings is 2. The standard InChI is InChI=1S/C25H23N3O3S/c1-15-6-11-21(16(2)12-15)27-24(30)17-7-9-18(10-8-17)31-14-23(29)28-25-20(13-26)19-4-3-5-22(19)32-25/h6-12H,3-5,14H2,1-2H3,(H,27,30)(H,28,29). The summed E-state index contributed by atoms with van der Waals surface area (Å²) in [7, 11) is 0. The number of amides is 2. The van der Waals surface area contributed by atoms with E-state index in [4.69, 9.17) is 4.74 Å². The van der Waals surface area contributed by atoms with E-state index in [1.807, 2.05) is 32.0 Å². The molecule has 0 radical (unpaired) electrons. The third-order valence-electron chi connectivity index (χ3n) is 5.40. The number of hydrogen-bond acceptors (Lipinski definition) is 5. The zero-order valence-corrected chi connectivity index (χ0v) is 18.8. The van der Waals surface area contributed by atoms with Crippen LogP contribution in [-0.4, -0.2) is 18.4 Å². The second-order valence-electron chi connectivity index (χ2n) is 7.81. The van der Waals surface area contributed by atoms with E-state index >= 15 is 0 Å². The van der Waals surface area contributed by atoms with Gasteiger partial charge in [-0.1, -0.05) is 17.7 Å². The molecule has 6 nitrogen and oxygen atoms in total. The van der Waals surface area contributed by atoms with Gasteiger partial charge in [-0.3, -0.25) is 9.59 Å². The van der Waals surface area contributed by atoms with Crippen LogP contribution in [0.1, 0.15) is 43.9 Å². The van der Waals surface area contributed by atoms with Crippen LogP contribution in [0.25, 0.3) is 0 Å². The zero-order valence-electron chi connectivity index (χ0n) is 18.0. The van der Waals surface area contributed by atoms with E-state index in [1.54, 1.807) is 24.3 Å². The van der Waals surface area contributed by atoms with Crippen molar-refractivity contribution in [1.29, 1.82) is 5.26 Å². The smallest absolute Gasteiger partial charge is 0.262 e. The molecule has 2 N–H and O–H groups in total. The molecule has 2 aromatic carbocycles. The molecule has 0 atom stereocenters. The molecule has 7 heteroatoms. The van der Waals surface area contributed by atoms with E-state index in [-0.39, 0.29) is 18.4 Å². The highest BCUT2D eigenvalue weighted by Crippen LogP contribution is 2.38. The molecule has 32 heavy (non-hydrogen) atoms. The van der Waals surface area contributed by atoms with Crippen LogP contribution in [0.15, 0.2) is 42.5 Å². The van der Waals surface area contributed by atoms with Crippen LogP contribution in [0.2, 0.25) is 0 Å². The maximum absolute atomic E-state index is 12.5. The van der Waals surface area contributed by atoms with Crippen molar-refractivity contribution in [3.8, 4) is 11.8 Å². The Kier molecular flexibility index (Phi) is 6.24. The molecule has 1 heterocycles. The van der Waals surface area contributed by atoms with E-state index in [0.717, 1.165) is 41.6 Å². The van der Waals surface area contributed by atoms with Gasteiger partial charge in [0.25, 0.3) is 11.8 Å². The molecule has 0 bridgehead atoms. The van der Waals surface area contributed by atoms with Gasteiger partial charge in [-0.25, -0.2) is 0 Å². The number of aryl methyl sites for hydroxylation is 3. The Morgan fingerprint density at radius 1 is 1.09 bits per heavy atom. The Morgan fingerprint density at radius 2 is 1.88 bits per heavy atom. The molecule has 4 rings (SSSR count).